The molecule has 16 heteroatoms. The Kier molecular flexibility index (Phi) is 10.4. The number of aromatic amines is 1. The summed E-state index contributed by atoms with van der Waals surface area (Å²) in [7, 11) is 3.66. The maximum absolute atomic E-state index is 13.8. The molecule has 0 atom stereocenters. The van der Waals surface area contributed by atoms with Gasteiger partial charge in [0.1, 0.15) is 17.0 Å². The van der Waals surface area contributed by atoms with Gasteiger partial charge in [-0.2, -0.15) is 13.2 Å². The molecular weight excluding hydrogens is 655 g/mol. The lowest BCUT2D eigenvalue weighted by Gasteiger charge is -2.34. The summed E-state index contributed by atoms with van der Waals surface area (Å²) in [6.07, 6.45) is 3.79. The van der Waals surface area contributed by atoms with Crippen LogP contribution in [-0.2, 0) is 15.7 Å². The number of hydrogen-bond donors (Lipinski definition) is 2. The molecule has 1 aliphatic carbocycles. The molecule has 50 heavy (non-hydrogen) atoms. The third-order valence-corrected chi connectivity index (χ3v) is 9.49. The number of H-pyrrole nitrogens is 1. The number of nitrogens with zero attached hydrogens (tertiary/aromatic N) is 8. The van der Waals surface area contributed by atoms with Gasteiger partial charge in [0.25, 0.3) is 0 Å². The molecule has 4 aromatic rings. The number of aliphatic carboxylic acids is 1. The van der Waals surface area contributed by atoms with Gasteiger partial charge in [-0.1, -0.05) is 12.8 Å². The van der Waals surface area contributed by atoms with Crippen LogP contribution in [0.1, 0.15) is 44.6 Å². The summed E-state index contributed by atoms with van der Waals surface area (Å²) in [5.41, 5.74) is 1.48. The van der Waals surface area contributed by atoms with E-state index >= 15 is 0 Å². The highest BCUT2D eigenvalue weighted by molar-refractivity contribution is 5.91. The molecule has 1 saturated heterocycles. The fourth-order valence-corrected chi connectivity index (χ4v) is 7.00. The Labute approximate surface area is 287 Å². The van der Waals surface area contributed by atoms with Crippen LogP contribution < -0.4 is 14.5 Å². The zero-order valence-electron chi connectivity index (χ0n) is 28.5. The van der Waals surface area contributed by atoms with Crippen LogP contribution in [0.15, 0.2) is 30.7 Å². The summed E-state index contributed by atoms with van der Waals surface area (Å²) in [5, 5.41) is 8.98. The van der Waals surface area contributed by atoms with Gasteiger partial charge in [-0.3, -0.25) is 9.69 Å². The van der Waals surface area contributed by atoms with E-state index in [4.69, 9.17) is 24.5 Å². The predicted octanol–water partition coefficient (Wildman–Crippen LogP) is 5.13. The van der Waals surface area contributed by atoms with Gasteiger partial charge >= 0.3 is 12.1 Å². The van der Waals surface area contributed by atoms with E-state index < -0.39 is 17.7 Å². The van der Waals surface area contributed by atoms with Crippen molar-refractivity contribution in [3.63, 3.8) is 0 Å². The van der Waals surface area contributed by atoms with Gasteiger partial charge < -0.3 is 29.4 Å². The molecule has 0 spiro atoms. The summed E-state index contributed by atoms with van der Waals surface area (Å²) in [4.78, 5) is 43.4. The Morgan fingerprint density at radius 1 is 1.04 bits per heavy atom. The quantitative estimate of drug-likeness (QED) is 0.191. The van der Waals surface area contributed by atoms with E-state index in [1.807, 2.05) is 7.05 Å². The van der Waals surface area contributed by atoms with Crippen molar-refractivity contribution in [3.8, 4) is 28.7 Å². The molecule has 0 radical (unpaired) electrons. The van der Waals surface area contributed by atoms with Crippen LogP contribution in [-0.4, -0.2) is 113 Å². The Morgan fingerprint density at radius 2 is 1.80 bits per heavy atom. The van der Waals surface area contributed by atoms with E-state index in [0.717, 1.165) is 51.0 Å². The molecule has 0 bridgehead atoms. The first-order valence-corrected chi connectivity index (χ1v) is 16.8. The third-order valence-electron chi connectivity index (χ3n) is 9.49. The number of rotatable bonds is 13. The molecule has 4 aromatic heterocycles. The summed E-state index contributed by atoms with van der Waals surface area (Å²) in [5.74, 6) is 0.351. The minimum Gasteiger partial charge on any atom is -0.481 e. The van der Waals surface area contributed by atoms with Crippen LogP contribution in [0.3, 0.4) is 0 Å². The Morgan fingerprint density at radius 3 is 2.44 bits per heavy atom. The summed E-state index contributed by atoms with van der Waals surface area (Å²) < 4.78 is 52.8. The number of carboxylic acids is 1. The Bertz CT molecular complexity index is 1790. The minimum absolute atomic E-state index is 0.0486. The Hall–Kier alpha value is -4.57. The molecule has 1 saturated carbocycles. The lowest BCUT2D eigenvalue weighted by atomic mass is 9.86. The van der Waals surface area contributed by atoms with Crippen molar-refractivity contribution < 1.29 is 32.5 Å². The molecule has 2 aliphatic rings. The van der Waals surface area contributed by atoms with Crippen LogP contribution in [0.4, 0.5) is 24.7 Å². The number of pyridine rings is 2. The first-order chi connectivity index (χ1) is 24.0. The van der Waals surface area contributed by atoms with E-state index in [-0.39, 0.29) is 35.6 Å². The number of imidazole rings is 1. The molecule has 6 rings (SSSR count). The van der Waals surface area contributed by atoms with Gasteiger partial charge in [-0.05, 0) is 31.9 Å². The minimum atomic E-state index is -4.61. The lowest BCUT2D eigenvalue weighted by molar-refractivity contribution is -0.138. The maximum atomic E-state index is 13.8. The largest absolute Gasteiger partial charge is 0.481 e. The van der Waals surface area contributed by atoms with Gasteiger partial charge in [-0.15, -0.1) is 0 Å². The van der Waals surface area contributed by atoms with Crippen LogP contribution in [0.5, 0.6) is 5.88 Å². The number of aromatic nitrogens is 6. The second kappa shape index (κ2) is 14.7. The first kappa shape index (κ1) is 35.3. The average molecular weight is 698 g/mol. The standard InChI is InChI=1S/C34H42F3N9O4/c1-4-50-32-23(15-22(17-40-32)34(35,36)37)24-16-26(44(2)20-33(21-49-3)8-5-6-9-33)29-31(41-24)43-30(42-29)25-18-39-27(19-38-25)46-13-11-45(12-14-46)10-7-28(47)48/h15-19H,4-14,20-21H2,1-3H3,(H,47,48)(H,41,42,43). The van der Waals surface area contributed by atoms with E-state index in [1.165, 1.54) is 0 Å². The van der Waals surface area contributed by atoms with Crippen molar-refractivity contribution in [2.75, 3.05) is 76.4 Å². The fourth-order valence-electron chi connectivity index (χ4n) is 7.00. The maximum Gasteiger partial charge on any atom is 0.417 e. The van der Waals surface area contributed by atoms with Crippen molar-refractivity contribution in [1.29, 1.82) is 0 Å². The number of carboxylic acid groups (broad SMARTS) is 1. The normalized spacial score (nSPS) is 16.6. The van der Waals surface area contributed by atoms with Crippen molar-refractivity contribution in [3.05, 3.63) is 36.3 Å². The number of piperazine rings is 1. The number of anilines is 2. The number of nitrogens with one attached hydrogen (secondary N) is 1. The summed E-state index contributed by atoms with van der Waals surface area (Å²) in [6, 6.07) is 2.77. The van der Waals surface area contributed by atoms with Crippen molar-refractivity contribution >= 4 is 28.6 Å². The van der Waals surface area contributed by atoms with Crippen molar-refractivity contribution in [1.82, 2.24) is 34.8 Å². The van der Waals surface area contributed by atoms with E-state index in [1.54, 1.807) is 32.5 Å². The number of ether oxygens (including phenoxy) is 2. The summed E-state index contributed by atoms with van der Waals surface area (Å²) in [6.45, 7) is 6.55. The predicted molar refractivity (Wildman–Crippen MR) is 181 cm³/mol. The highest BCUT2D eigenvalue weighted by Gasteiger charge is 2.36. The molecule has 0 unspecified atom stereocenters. The number of alkyl halides is 3. The van der Waals surface area contributed by atoms with Crippen molar-refractivity contribution in [2.24, 2.45) is 5.41 Å². The van der Waals surface area contributed by atoms with Gasteiger partial charge in [0.05, 0.1) is 54.5 Å². The second-order valence-electron chi connectivity index (χ2n) is 13.0. The molecule has 13 nitrogen and oxygen atoms in total. The van der Waals surface area contributed by atoms with E-state index in [2.05, 4.69) is 34.6 Å². The van der Waals surface area contributed by atoms with Crippen molar-refractivity contribution in [2.45, 2.75) is 45.2 Å². The van der Waals surface area contributed by atoms with Crippen LogP contribution in [0, 0.1) is 5.41 Å². The van der Waals surface area contributed by atoms with Crippen LogP contribution >= 0.6 is 0 Å². The molecule has 0 aromatic carbocycles. The molecule has 5 heterocycles. The van der Waals surface area contributed by atoms with E-state index in [0.29, 0.717) is 67.0 Å². The Balaban J connectivity index is 1.35. The molecule has 268 valence electrons. The number of methoxy groups -OCH3 is 1. The third kappa shape index (κ3) is 7.75. The number of fused-ring (bicyclic) bond motifs is 1. The zero-order chi connectivity index (χ0) is 35.5. The topological polar surface area (TPSA) is 146 Å². The van der Waals surface area contributed by atoms with Gasteiger partial charge in [-0.25, -0.2) is 24.9 Å². The SMILES string of the molecule is CCOc1ncc(C(F)(F)F)cc1-c1cc(N(C)CC2(COC)CCCC2)c2[nH]c(-c3cnc(N4CCN(CCC(=O)O)CC4)cn3)nc2n1. The first-order valence-electron chi connectivity index (χ1n) is 16.8. The van der Waals surface area contributed by atoms with Gasteiger partial charge in [0.15, 0.2) is 11.5 Å². The lowest BCUT2D eigenvalue weighted by Crippen LogP contribution is -2.47. The summed E-state index contributed by atoms with van der Waals surface area (Å²) >= 11 is 0. The van der Waals surface area contributed by atoms with E-state index in [9.17, 15) is 18.0 Å². The molecule has 0 amide bonds. The molecule has 2 fully saturated rings. The highest BCUT2D eigenvalue weighted by Crippen LogP contribution is 2.42. The molecule has 1 aliphatic heterocycles. The number of halogens is 3. The highest BCUT2D eigenvalue weighted by atomic mass is 19.4. The average Bonchev–Trinajstić information content (AvgIpc) is 3.74. The smallest absolute Gasteiger partial charge is 0.417 e. The van der Waals surface area contributed by atoms with Crippen LogP contribution in [0.25, 0.3) is 33.9 Å². The van der Waals surface area contributed by atoms with Gasteiger partial charge in [0.2, 0.25) is 5.88 Å². The molecule has 2 N–H and O–H groups in total. The zero-order valence-corrected chi connectivity index (χ0v) is 28.5. The second-order valence-corrected chi connectivity index (χ2v) is 13.0. The monoisotopic (exact) mass is 697 g/mol. The van der Waals surface area contributed by atoms with Crippen LogP contribution in [0.2, 0.25) is 0 Å². The van der Waals surface area contributed by atoms with Gasteiger partial charge in [0, 0.05) is 65.0 Å². The number of carbonyl (C=O) groups is 1. The fraction of sp³-hybridized carbons (Fsp3) is 0.529. The number of hydrogen-bond acceptors (Lipinski definition) is 11. The molecular formula is C34H42F3N9O4.